The van der Waals surface area contributed by atoms with E-state index in [1.807, 2.05) is 13.8 Å². The van der Waals surface area contributed by atoms with E-state index in [1.165, 1.54) is 12.1 Å². The van der Waals surface area contributed by atoms with Crippen molar-refractivity contribution in [1.82, 2.24) is 10.6 Å². The number of nitrogens with one attached hydrogen (secondary N) is 2. The third-order valence-corrected chi connectivity index (χ3v) is 3.78. The third kappa shape index (κ3) is 4.90. The van der Waals surface area contributed by atoms with Crippen LogP contribution in [0.1, 0.15) is 19.6 Å². The van der Waals surface area contributed by atoms with Crippen molar-refractivity contribution in [2.75, 3.05) is 6.54 Å². The van der Waals surface area contributed by atoms with Crippen LogP contribution >= 0.6 is 15.9 Å². The number of amides is 1. The first-order valence-electron chi connectivity index (χ1n) is 7.40. The molecule has 0 saturated carbocycles. The molecule has 2 aromatic rings. The van der Waals surface area contributed by atoms with Gasteiger partial charge in [0.15, 0.2) is 0 Å². The molecule has 0 radical (unpaired) electrons. The third-order valence-electron chi connectivity index (χ3n) is 3.13. The largest absolute Gasteiger partial charge is 0.460 e. The Labute approximate surface area is 147 Å². The quantitative estimate of drug-likeness (QED) is 0.553. The highest BCUT2D eigenvalue weighted by Gasteiger charge is 2.13. The Balaban J connectivity index is 1.98. The molecular weight excluding hydrogens is 378 g/mol. The van der Waals surface area contributed by atoms with Crippen molar-refractivity contribution in [3.63, 3.8) is 0 Å². The smallest absolute Gasteiger partial charge is 0.270 e. The zero-order valence-electron chi connectivity index (χ0n) is 13.3. The van der Waals surface area contributed by atoms with Crippen molar-refractivity contribution in [1.29, 1.82) is 0 Å². The topological polar surface area (TPSA) is 97.4 Å². The molecule has 2 N–H and O–H groups in total. The van der Waals surface area contributed by atoms with Gasteiger partial charge in [-0.3, -0.25) is 14.9 Å². The number of nitrogens with zero attached hydrogens (tertiary/aromatic N) is 1. The molecule has 1 aromatic carbocycles. The Hall–Kier alpha value is -2.19. The number of non-ortho nitro benzene ring substituents is 1. The van der Waals surface area contributed by atoms with Crippen LogP contribution in [-0.4, -0.2) is 23.4 Å². The minimum absolute atomic E-state index is 0.00948. The molecule has 0 spiro atoms. The van der Waals surface area contributed by atoms with Gasteiger partial charge in [-0.1, -0.05) is 0 Å². The van der Waals surface area contributed by atoms with Crippen LogP contribution in [-0.2, 0) is 11.3 Å². The molecule has 0 unspecified atom stereocenters. The van der Waals surface area contributed by atoms with E-state index in [4.69, 9.17) is 4.42 Å². The van der Waals surface area contributed by atoms with Gasteiger partial charge in [0.2, 0.25) is 5.91 Å². The van der Waals surface area contributed by atoms with Crippen LogP contribution in [0.15, 0.2) is 39.2 Å². The number of rotatable bonds is 7. The molecule has 0 atom stereocenters. The van der Waals surface area contributed by atoms with E-state index in [9.17, 15) is 14.9 Å². The van der Waals surface area contributed by atoms with E-state index in [2.05, 4.69) is 26.6 Å². The lowest BCUT2D eigenvalue weighted by atomic mass is 10.1. The van der Waals surface area contributed by atoms with Crippen molar-refractivity contribution in [2.45, 2.75) is 26.4 Å². The first kappa shape index (κ1) is 18.2. The van der Waals surface area contributed by atoms with Crippen LogP contribution in [0, 0.1) is 10.1 Å². The molecule has 0 bridgehead atoms. The second-order valence-corrected chi connectivity index (χ2v) is 6.37. The number of nitro groups is 1. The highest BCUT2D eigenvalue weighted by Crippen LogP contribution is 2.32. The molecule has 7 nitrogen and oxygen atoms in total. The van der Waals surface area contributed by atoms with Gasteiger partial charge in [0.1, 0.15) is 11.5 Å². The van der Waals surface area contributed by atoms with Crippen LogP contribution in [0.3, 0.4) is 0 Å². The summed E-state index contributed by atoms with van der Waals surface area (Å²) < 4.78 is 6.30. The maximum atomic E-state index is 11.5. The van der Waals surface area contributed by atoms with Gasteiger partial charge in [-0.2, -0.15) is 0 Å². The minimum Gasteiger partial charge on any atom is -0.460 e. The summed E-state index contributed by atoms with van der Waals surface area (Å²) in [5.74, 6) is 1.20. The number of halogens is 1. The zero-order chi connectivity index (χ0) is 17.7. The van der Waals surface area contributed by atoms with Gasteiger partial charge in [0, 0.05) is 28.2 Å². The summed E-state index contributed by atoms with van der Waals surface area (Å²) in [6.45, 7) is 4.42. The average molecular weight is 396 g/mol. The molecule has 24 heavy (non-hydrogen) atoms. The Morgan fingerprint density at radius 1 is 1.33 bits per heavy atom. The summed E-state index contributed by atoms with van der Waals surface area (Å²) in [6, 6.07) is 8.19. The Morgan fingerprint density at radius 3 is 2.71 bits per heavy atom. The van der Waals surface area contributed by atoms with Crippen molar-refractivity contribution in [3.05, 3.63) is 50.7 Å². The van der Waals surface area contributed by atoms with E-state index in [0.29, 0.717) is 22.5 Å². The van der Waals surface area contributed by atoms with Gasteiger partial charge in [-0.15, -0.1) is 0 Å². The summed E-state index contributed by atoms with van der Waals surface area (Å²) in [6.07, 6.45) is 0. The van der Waals surface area contributed by atoms with E-state index in [0.717, 1.165) is 5.56 Å². The monoisotopic (exact) mass is 395 g/mol. The maximum absolute atomic E-state index is 11.5. The van der Waals surface area contributed by atoms with Crippen LogP contribution < -0.4 is 10.6 Å². The van der Waals surface area contributed by atoms with Crippen LogP contribution in [0.2, 0.25) is 0 Å². The van der Waals surface area contributed by atoms with Gasteiger partial charge in [0.05, 0.1) is 18.0 Å². The fraction of sp³-hybridized carbons (Fsp3) is 0.312. The number of hydrogen-bond donors (Lipinski definition) is 2. The van der Waals surface area contributed by atoms with Crippen LogP contribution in [0.5, 0.6) is 0 Å². The van der Waals surface area contributed by atoms with E-state index >= 15 is 0 Å². The number of benzene rings is 1. The number of nitro benzene ring substituents is 1. The molecule has 0 saturated heterocycles. The summed E-state index contributed by atoms with van der Waals surface area (Å²) in [5, 5.41) is 16.6. The summed E-state index contributed by atoms with van der Waals surface area (Å²) >= 11 is 3.32. The summed E-state index contributed by atoms with van der Waals surface area (Å²) in [4.78, 5) is 21.9. The average Bonchev–Trinajstić information content (AvgIpc) is 2.94. The lowest BCUT2D eigenvalue weighted by Crippen LogP contribution is -2.37. The molecule has 1 aromatic heterocycles. The fourth-order valence-electron chi connectivity index (χ4n) is 2.11. The molecule has 0 aliphatic heterocycles. The predicted molar refractivity (Wildman–Crippen MR) is 93.5 cm³/mol. The molecule has 0 fully saturated rings. The van der Waals surface area contributed by atoms with Gasteiger partial charge >= 0.3 is 0 Å². The standard InChI is InChI=1S/C16H18BrN3O4/c1-10(2)19-16(21)9-18-8-12-4-6-15(24-12)13-5-3-11(20(22)23)7-14(13)17/h3-7,10,18H,8-9H2,1-2H3,(H,19,21). The molecule has 1 heterocycles. The number of furan rings is 1. The van der Waals surface area contributed by atoms with Crippen LogP contribution in [0.4, 0.5) is 5.69 Å². The number of hydrogen-bond acceptors (Lipinski definition) is 5. The molecule has 1 amide bonds. The fourth-order valence-corrected chi connectivity index (χ4v) is 2.67. The molecule has 2 rings (SSSR count). The molecule has 0 aliphatic carbocycles. The lowest BCUT2D eigenvalue weighted by Gasteiger charge is -2.08. The van der Waals surface area contributed by atoms with Crippen molar-refractivity contribution < 1.29 is 14.1 Å². The summed E-state index contributed by atoms with van der Waals surface area (Å²) in [5.41, 5.74) is 0.736. The Bertz CT molecular complexity index is 743. The Morgan fingerprint density at radius 2 is 2.08 bits per heavy atom. The highest BCUT2D eigenvalue weighted by atomic mass is 79.9. The highest BCUT2D eigenvalue weighted by molar-refractivity contribution is 9.10. The summed E-state index contributed by atoms with van der Waals surface area (Å²) in [7, 11) is 0. The molecule has 128 valence electrons. The van der Waals surface area contributed by atoms with Crippen molar-refractivity contribution >= 4 is 27.5 Å². The zero-order valence-corrected chi connectivity index (χ0v) is 14.9. The molecule has 8 heteroatoms. The maximum Gasteiger partial charge on any atom is 0.270 e. The van der Waals surface area contributed by atoms with Crippen molar-refractivity contribution in [3.8, 4) is 11.3 Å². The first-order valence-corrected chi connectivity index (χ1v) is 8.19. The molecule has 0 aliphatic rings. The Kier molecular flexibility index (Phi) is 6.10. The van der Waals surface area contributed by atoms with Gasteiger partial charge in [0.25, 0.3) is 5.69 Å². The second-order valence-electron chi connectivity index (χ2n) is 5.51. The lowest BCUT2D eigenvalue weighted by molar-refractivity contribution is -0.384. The SMILES string of the molecule is CC(C)NC(=O)CNCc1ccc(-c2ccc([N+](=O)[O-])cc2Br)o1. The van der Waals surface area contributed by atoms with Gasteiger partial charge in [-0.05, 0) is 48.0 Å². The van der Waals surface area contributed by atoms with Gasteiger partial charge < -0.3 is 15.1 Å². The molecular formula is C16H18BrN3O4. The predicted octanol–water partition coefficient (Wildman–Crippen LogP) is 3.23. The van der Waals surface area contributed by atoms with Crippen LogP contribution in [0.25, 0.3) is 11.3 Å². The number of carbonyl (C=O) groups excluding carboxylic acids is 1. The normalized spacial score (nSPS) is 10.8. The first-order chi connectivity index (χ1) is 11.4. The second kappa shape index (κ2) is 8.07. The van der Waals surface area contributed by atoms with Crippen molar-refractivity contribution in [2.24, 2.45) is 0 Å². The van der Waals surface area contributed by atoms with E-state index < -0.39 is 4.92 Å². The number of carbonyl (C=O) groups is 1. The minimum atomic E-state index is -0.450. The van der Waals surface area contributed by atoms with Gasteiger partial charge in [-0.25, -0.2) is 0 Å². The van der Waals surface area contributed by atoms with E-state index in [-0.39, 0.29) is 24.2 Å². The van der Waals surface area contributed by atoms with E-state index in [1.54, 1.807) is 18.2 Å².